The molecule has 0 atom stereocenters. The molecule has 0 amide bonds. The predicted molar refractivity (Wildman–Crippen MR) is 69.9 cm³/mol. The third-order valence-corrected chi connectivity index (χ3v) is 4.00. The number of nitrogens with two attached hydrogens (primary N) is 1. The molecule has 2 N–H and O–H groups in total. The van der Waals surface area contributed by atoms with E-state index in [2.05, 4.69) is 41.7 Å². The summed E-state index contributed by atoms with van der Waals surface area (Å²) in [6.45, 7) is 2.05. The molecule has 3 rings (SSSR count). The lowest BCUT2D eigenvalue weighted by atomic mass is 10.0. The minimum Gasteiger partial charge on any atom is -0.331 e. The van der Waals surface area contributed by atoms with Gasteiger partial charge in [-0.3, -0.25) is 0 Å². The van der Waals surface area contributed by atoms with Crippen molar-refractivity contribution in [3.63, 3.8) is 0 Å². The lowest BCUT2D eigenvalue weighted by Gasteiger charge is -2.08. The van der Waals surface area contributed by atoms with Crippen molar-refractivity contribution in [3.8, 4) is 0 Å². The Labute approximate surface area is 102 Å². The molecule has 3 nitrogen and oxygen atoms in total. The number of aryl methyl sites for hydroxylation is 3. The van der Waals surface area contributed by atoms with E-state index in [4.69, 9.17) is 5.73 Å². The molecule has 0 radical (unpaired) electrons. The highest BCUT2D eigenvalue weighted by molar-refractivity contribution is 5.79. The number of hydrogen-bond acceptors (Lipinski definition) is 2. The van der Waals surface area contributed by atoms with Crippen LogP contribution in [0.2, 0.25) is 0 Å². The summed E-state index contributed by atoms with van der Waals surface area (Å²) in [6, 6.07) is 6.43. The van der Waals surface area contributed by atoms with E-state index in [-0.39, 0.29) is 5.54 Å². The Kier molecular flexibility index (Phi) is 2.26. The zero-order valence-electron chi connectivity index (χ0n) is 10.5. The van der Waals surface area contributed by atoms with Crippen molar-refractivity contribution >= 4 is 11.0 Å². The fraction of sp³-hybridized carbons (Fsp3) is 0.500. The number of fused-ring (bicyclic) bond motifs is 1. The van der Waals surface area contributed by atoms with Gasteiger partial charge in [-0.2, -0.15) is 0 Å². The van der Waals surface area contributed by atoms with Crippen LogP contribution in [-0.2, 0) is 13.5 Å². The van der Waals surface area contributed by atoms with Gasteiger partial charge in [-0.15, -0.1) is 0 Å². The number of imidazole rings is 1. The quantitative estimate of drug-likeness (QED) is 0.877. The molecule has 0 bridgehead atoms. The minimum atomic E-state index is 0.131. The number of benzene rings is 1. The molecule has 1 aromatic heterocycles. The summed E-state index contributed by atoms with van der Waals surface area (Å²) in [5.74, 6) is 1.07. The second-order valence-electron chi connectivity index (χ2n) is 5.37. The normalized spacial score (nSPS) is 17.6. The average molecular weight is 229 g/mol. The van der Waals surface area contributed by atoms with E-state index in [1.807, 2.05) is 0 Å². The minimum absolute atomic E-state index is 0.131. The first-order chi connectivity index (χ1) is 8.09. The van der Waals surface area contributed by atoms with E-state index in [9.17, 15) is 0 Å². The highest BCUT2D eigenvalue weighted by Crippen LogP contribution is 2.37. The first kappa shape index (κ1) is 10.8. The number of rotatable bonds is 3. The highest BCUT2D eigenvalue weighted by Gasteiger charge is 2.37. The lowest BCUT2D eigenvalue weighted by molar-refractivity contribution is 0.610. The maximum Gasteiger partial charge on any atom is 0.106 e. The lowest BCUT2D eigenvalue weighted by Crippen LogP contribution is -2.22. The van der Waals surface area contributed by atoms with Gasteiger partial charge < -0.3 is 10.3 Å². The largest absolute Gasteiger partial charge is 0.331 e. The molecular weight excluding hydrogens is 210 g/mol. The fourth-order valence-corrected chi connectivity index (χ4v) is 2.38. The van der Waals surface area contributed by atoms with Gasteiger partial charge in [0.05, 0.1) is 11.0 Å². The molecule has 90 valence electrons. The maximum absolute atomic E-state index is 6.15. The Hall–Kier alpha value is -1.35. The monoisotopic (exact) mass is 229 g/mol. The van der Waals surface area contributed by atoms with Crippen molar-refractivity contribution < 1.29 is 0 Å². The Bertz CT molecular complexity index is 564. The van der Waals surface area contributed by atoms with E-state index in [1.165, 1.54) is 23.9 Å². The summed E-state index contributed by atoms with van der Waals surface area (Å²) >= 11 is 0. The van der Waals surface area contributed by atoms with Gasteiger partial charge in [0.15, 0.2) is 0 Å². The van der Waals surface area contributed by atoms with Crippen LogP contribution in [0.5, 0.6) is 0 Å². The third kappa shape index (κ3) is 1.84. The van der Waals surface area contributed by atoms with Crippen LogP contribution in [0, 0.1) is 6.92 Å². The van der Waals surface area contributed by atoms with Crippen molar-refractivity contribution in [2.24, 2.45) is 12.8 Å². The van der Waals surface area contributed by atoms with E-state index in [1.54, 1.807) is 0 Å². The molecule has 2 aromatic rings. The standard InChI is InChI=1S/C14H19N3/c1-10-16-13-11(6-7-14(15)8-9-14)4-3-5-12(13)17(10)2/h3-5H,6-9,15H2,1-2H3. The van der Waals surface area contributed by atoms with Crippen LogP contribution in [-0.4, -0.2) is 15.1 Å². The van der Waals surface area contributed by atoms with Crippen LogP contribution in [0.4, 0.5) is 0 Å². The zero-order chi connectivity index (χ0) is 12.0. The van der Waals surface area contributed by atoms with Crippen molar-refractivity contribution in [3.05, 3.63) is 29.6 Å². The molecule has 0 spiro atoms. The van der Waals surface area contributed by atoms with Gasteiger partial charge in [-0.25, -0.2) is 4.98 Å². The van der Waals surface area contributed by atoms with E-state index >= 15 is 0 Å². The maximum atomic E-state index is 6.15. The summed E-state index contributed by atoms with van der Waals surface area (Å²) in [4.78, 5) is 4.66. The summed E-state index contributed by atoms with van der Waals surface area (Å²) in [5, 5.41) is 0. The molecule has 3 heteroatoms. The molecule has 0 aliphatic heterocycles. The Morgan fingerprint density at radius 3 is 2.88 bits per heavy atom. The van der Waals surface area contributed by atoms with Gasteiger partial charge in [-0.1, -0.05) is 12.1 Å². The van der Waals surface area contributed by atoms with Crippen molar-refractivity contribution in [1.29, 1.82) is 0 Å². The van der Waals surface area contributed by atoms with Crippen LogP contribution in [0.3, 0.4) is 0 Å². The third-order valence-electron chi connectivity index (χ3n) is 4.00. The van der Waals surface area contributed by atoms with E-state index in [0.29, 0.717) is 0 Å². The van der Waals surface area contributed by atoms with Crippen molar-refractivity contribution in [1.82, 2.24) is 9.55 Å². The molecule has 0 saturated heterocycles. The summed E-state index contributed by atoms with van der Waals surface area (Å²) in [5.41, 5.74) is 9.99. The molecule has 1 fully saturated rings. The van der Waals surface area contributed by atoms with Gasteiger partial charge in [0.2, 0.25) is 0 Å². The molecule has 0 unspecified atom stereocenters. The molecule has 1 saturated carbocycles. The predicted octanol–water partition coefficient (Wildman–Crippen LogP) is 2.31. The summed E-state index contributed by atoms with van der Waals surface area (Å²) in [7, 11) is 2.07. The molecular formula is C14H19N3. The first-order valence-electron chi connectivity index (χ1n) is 6.29. The van der Waals surface area contributed by atoms with Crippen LogP contribution < -0.4 is 5.73 Å². The van der Waals surface area contributed by atoms with Crippen molar-refractivity contribution in [2.45, 2.75) is 38.1 Å². The number of hydrogen-bond donors (Lipinski definition) is 1. The number of nitrogens with zero attached hydrogens (tertiary/aromatic N) is 2. The van der Waals surface area contributed by atoms with Crippen LogP contribution in [0.15, 0.2) is 18.2 Å². The first-order valence-corrected chi connectivity index (χ1v) is 6.29. The Balaban J connectivity index is 1.95. The summed E-state index contributed by atoms with van der Waals surface area (Å²) < 4.78 is 2.15. The molecule has 1 heterocycles. The zero-order valence-corrected chi connectivity index (χ0v) is 10.5. The molecule has 1 aliphatic rings. The van der Waals surface area contributed by atoms with E-state index < -0.39 is 0 Å². The molecule has 17 heavy (non-hydrogen) atoms. The van der Waals surface area contributed by atoms with E-state index in [0.717, 1.165) is 24.2 Å². The fourth-order valence-electron chi connectivity index (χ4n) is 2.38. The van der Waals surface area contributed by atoms with Crippen LogP contribution in [0.1, 0.15) is 30.7 Å². The SMILES string of the molecule is Cc1nc2c(CCC3(N)CC3)cccc2n1C. The number of aromatic nitrogens is 2. The second-order valence-corrected chi connectivity index (χ2v) is 5.37. The van der Waals surface area contributed by atoms with Gasteiger partial charge in [0, 0.05) is 12.6 Å². The highest BCUT2D eigenvalue weighted by atomic mass is 15.0. The van der Waals surface area contributed by atoms with Crippen LogP contribution in [0.25, 0.3) is 11.0 Å². The van der Waals surface area contributed by atoms with Crippen LogP contribution >= 0.6 is 0 Å². The summed E-state index contributed by atoms with van der Waals surface area (Å²) in [6.07, 6.45) is 4.50. The van der Waals surface area contributed by atoms with Gasteiger partial charge in [0.25, 0.3) is 0 Å². The topological polar surface area (TPSA) is 43.8 Å². The van der Waals surface area contributed by atoms with Crippen molar-refractivity contribution in [2.75, 3.05) is 0 Å². The van der Waals surface area contributed by atoms with Gasteiger partial charge in [-0.05, 0) is 44.2 Å². The number of para-hydroxylation sites is 1. The average Bonchev–Trinajstić information content (AvgIpc) is 2.98. The van der Waals surface area contributed by atoms with Gasteiger partial charge >= 0.3 is 0 Å². The molecule has 1 aliphatic carbocycles. The smallest absolute Gasteiger partial charge is 0.106 e. The Morgan fingerprint density at radius 2 is 2.18 bits per heavy atom. The molecule has 1 aromatic carbocycles. The van der Waals surface area contributed by atoms with Gasteiger partial charge in [0.1, 0.15) is 5.82 Å². The Morgan fingerprint density at radius 1 is 1.41 bits per heavy atom. The second kappa shape index (κ2) is 3.57.